The normalized spacial score (nSPS) is 14.7. The fraction of sp³-hybridized carbons (Fsp3) is 0.389. The molecule has 0 aliphatic rings. The van der Waals surface area contributed by atoms with Gasteiger partial charge in [0.25, 0.3) is 0 Å². The summed E-state index contributed by atoms with van der Waals surface area (Å²) in [6.45, 7) is 7.89. The Morgan fingerprint density at radius 3 is 2.33 bits per heavy atom. The maximum absolute atomic E-state index is 12.2. The van der Waals surface area contributed by atoms with Gasteiger partial charge in [-0.25, -0.2) is 0 Å². The third-order valence-electron chi connectivity index (χ3n) is 3.85. The van der Waals surface area contributed by atoms with E-state index in [4.69, 9.17) is 5.73 Å². The molecule has 2 aromatic carbocycles. The number of carbonyl (C=O) groups is 1. The molecule has 3 heteroatoms. The van der Waals surface area contributed by atoms with E-state index in [0.29, 0.717) is 0 Å². The van der Waals surface area contributed by atoms with Crippen molar-refractivity contribution >= 4 is 16.7 Å². The van der Waals surface area contributed by atoms with Crippen LogP contribution in [0.3, 0.4) is 0 Å². The van der Waals surface area contributed by atoms with Crippen molar-refractivity contribution in [3.63, 3.8) is 0 Å². The summed E-state index contributed by atoms with van der Waals surface area (Å²) in [5.74, 6) is -0.108. The van der Waals surface area contributed by atoms with Crippen LogP contribution in [0.1, 0.15) is 39.3 Å². The van der Waals surface area contributed by atoms with Crippen molar-refractivity contribution in [1.29, 1.82) is 0 Å². The number of amides is 1. The molecule has 2 rings (SSSR count). The third kappa shape index (κ3) is 3.61. The largest absolute Gasteiger partial charge is 0.348 e. The van der Waals surface area contributed by atoms with Gasteiger partial charge in [0.05, 0.1) is 12.1 Å². The molecule has 3 nitrogen and oxygen atoms in total. The minimum atomic E-state index is -0.514. The van der Waals surface area contributed by atoms with Gasteiger partial charge in [-0.3, -0.25) is 4.79 Å². The fourth-order valence-corrected chi connectivity index (χ4v) is 2.26. The zero-order valence-electron chi connectivity index (χ0n) is 13.2. The summed E-state index contributed by atoms with van der Waals surface area (Å²) in [5, 5.41) is 5.38. The molecule has 0 spiro atoms. The first-order chi connectivity index (χ1) is 9.79. The van der Waals surface area contributed by atoms with Crippen LogP contribution in [0.25, 0.3) is 10.8 Å². The zero-order chi connectivity index (χ0) is 15.6. The van der Waals surface area contributed by atoms with E-state index in [-0.39, 0.29) is 17.4 Å². The molecule has 0 fully saturated rings. The van der Waals surface area contributed by atoms with Gasteiger partial charge in [0.15, 0.2) is 0 Å². The van der Waals surface area contributed by atoms with Crippen molar-refractivity contribution in [3.8, 4) is 0 Å². The van der Waals surface area contributed by atoms with Crippen LogP contribution in [0.4, 0.5) is 0 Å². The Labute approximate surface area is 126 Å². The monoisotopic (exact) mass is 284 g/mol. The van der Waals surface area contributed by atoms with E-state index in [2.05, 4.69) is 35.6 Å². The summed E-state index contributed by atoms with van der Waals surface area (Å²) >= 11 is 0. The molecule has 0 aromatic heterocycles. The first-order valence-electron chi connectivity index (χ1n) is 7.33. The molecule has 112 valence electrons. The highest BCUT2D eigenvalue weighted by molar-refractivity contribution is 5.84. The summed E-state index contributed by atoms with van der Waals surface area (Å²) in [6, 6.07) is 13.9. The third-order valence-corrected chi connectivity index (χ3v) is 3.85. The summed E-state index contributed by atoms with van der Waals surface area (Å²) < 4.78 is 0. The van der Waals surface area contributed by atoms with Crippen LogP contribution in [0.2, 0.25) is 0 Å². The molecule has 21 heavy (non-hydrogen) atoms. The molecule has 0 saturated carbocycles. The second-order valence-electron chi connectivity index (χ2n) is 6.68. The Morgan fingerprint density at radius 2 is 1.71 bits per heavy atom. The number of hydrogen-bond acceptors (Lipinski definition) is 2. The summed E-state index contributed by atoms with van der Waals surface area (Å²) in [5.41, 5.74) is 6.84. The average Bonchev–Trinajstić information content (AvgIpc) is 2.44. The van der Waals surface area contributed by atoms with E-state index in [1.165, 1.54) is 10.8 Å². The van der Waals surface area contributed by atoms with Gasteiger partial charge < -0.3 is 11.1 Å². The van der Waals surface area contributed by atoms with Crippen LogP contribution in [0.5, 0.6) is 0 Å². The van der Waals surface area contributed by atoms with Crippen LogP contribution in [-0.4, -0.2) is 11.9 Å². The lowest BCUT2D eigenvalue weighted by Gasteiger charge is -2.27. The van der Waals surface area contributed by atoms with Crippen LogP contribution in [0, 0.1) is 5.41 Å². The quantitative estimate of drug-likeness (QED) is 0.907. The average molecular weight is 284 g/mol. The number of nitrogens with two attached hydrogens (primary N) is 1. The number of fused-ring (bicyclic) bond motifs is 1. The second-order valence-corrected chi connectivity index (χ2v) is 6.68. The predicted octanol–water partition coefficient (Wildman–Crippen LogP) is 3.39. The first-order valence-corrected chi connectivity index (χ1v) is 7.33. The van der Waals surface area contributed by atoms with Gasteiger partial charge in [0.1, 0.15) is 0 Å². The Hall–Kier alpha value is -1.87. The van der Waals surface area contributed by atoms with Crippen LogP contribution < -0.4 is 11.1 Å². The summed E-state index contributed by atoms with van der Waals surface area (Å²) in [6.07, 6.45) is 0. The van der Waals surface area contributed by atoms with E-state index < -0.39 is 6.04 Å². The highest BCUT2D eigenvalue weighted by Gasteiger charge is 2.28. The number of benzene rings is 2. The van der Waals surface area contributed by atoms with E-state index >= 15 is 0 Å². The molecule has 3 N–H and O–H groups in total. The maximum atomic E-state index is 12.2. The molecular weight excluding hydrogens is 260 g/mol. The number of hydrogen-bond donors (Lipinski definition) is 2. The van der Waals surface area contributed by atoms with Crippen molar-refractivity contribution < 1.29 is 4.79 Å². The molecule has 2 aromatic rings. The Balaban J connectivity index is 2.15. The van der Waals surface area contributed by atoms with Gasteiger partial charge in [-0.05, 0) is 34.7 Å². The molecular formula is C18H24N2O. The van der Waals surface area contributed by atoms with E-state index in [0.717, 1.165) is 5.56 Å². The zero-order valence-corrected chi connectivity index (χ0v) is 13.2. The van der Waals surface area contributed by atoms with Gasteiger partial charge in [-0.2, -0.15) is 0 Å². The highest BCUT2D eigenvalue weighted by Crippen LogP contribution is 2.22. The minimum absolute atomic E-state index is 0.0597. The fourth-order valence-electron chi connectivity index (χ4n) is 2.26. The lowest BCUT2D eigenvalue weighted by Crippen LogP contribution is -2.49. The molecule has 1 amide bonds. The van der Waals surface area contributed by atoms with Gasteiger partial charge in [-0.15, -0.1) is 0 Å². The van der Waals surface area contributed by atoms with Gasteiger partial charge in [-0.1, -0.05) is 57.2 Å². The molecule has 2 atom stereocenters. The van der Waals surface area contributed by atoms with Crippen molar-refractivity contribution in [3.05, 3.63) is 48.0 Å². The lowest BCUT2D eigenvalue weighted by atomic mass is 9.86. The Bertz CT molecular complexity index is 643. The molecule has 0 radical (unpaired) electrons. The van der Waals surface area contributed by atoms with Crippen LogP contribution >= 0.6 is 0 Å². The lowest BCUT2D eigenvalue weighted by molar-refractivity contribution is -0.125. The Kier molecular flexibility index (Phi) is 4.33. The van der Waals surface area contributed by atoms with Crippen molar-refractivity contribution in [2.75, 3.05) is 0 Å². The predicted molar refractivity (Wildman–Crippen MR) is 87.9 cm³/mol. The van der Waals surface area contributed by atoms with Crippen molar-refractivity contribution in [1.82, 2.24) is 5.32 Å². The van der Waals surface area contributed by atoms with Crippen molar-refractivity contribution in [2.24, 2.45) is 11.1 Å². The molecule has 0 aliphatic carbocycles. The van der Waals surface area contributed by atoms with E-state index in [1.807, 2.05) is 39.8 Å². The second kappa shape index (κ2) is 5.86. The SMILES string of the molecule is CC(NC(=O)[C@@H](N)C(C)(C)C)c1ccc2ccccc2c1. The molecule has 1 unspecified atom stereocenters. The first kappa shape index (κ1) is 15.5. The number of nitrogens with one attached hydrogen (secondary N) is 1. The van der Waals surface area contributed by atoms with Crippen LogP contribution in [0.15, 0.2) is 42.5 Å². The smallest absolute Gasteiger partial charge is 0.237 e. The number of rotatable bonds is 3. The van der Waals surface area contributed by atoms with Crippen molar-refractivity contribution in [2.45, 2.75) is 39.8 Å². The molecule has 0 aliphatic heterocycles. The van der Waals surface area contributed by atoms with Gasteiger partial charge in [0.2, 0.25) is 5.91 Å². The van der Waals surface area contributed by atoms with E-state index in [9.17, 15) is 4.79 Å². The minimum Gasteiger partial charge on any atom is -0.348 e. The molecule has 0 saturated heterocycles. The topological polar surface area (TPSA) is 55.1 Å². The van der Waals surface area contributed by atoms with E-state index in [1.54, 1.807) is 0 Å². The van der Waals surface area contributed by atoms with Gasteiger partial charge in [0, 0.05) is 0 Å². The molecule has 0 heterocycles. The summed E-state index contributed by atoms with van der Waals surface area (Å²) in [4.78, 5) is 12.2. The Morgan fingerprint density at radius 1 is 1.10 bits per heavy atom. The maximum Gasteiger partial charge on any atom is 0.237 e. The van der Waals surface area contributed by atoms with Crippen LogP contribution in [-0.2, 0) is 4.79 Å². The highest BCUT2D eigenvalue weighted by atomic mass is 16.2. The standard InChI is InChI=1S/C18H24N2O/c1-12(20-17(21)16(19)18(2,3)4)14-10-9-13-7-5-6-8-15(13)11-14/h5-12,16H,19H2,1-4H3,(H,20,21)/t12?,16-/m1/s1. The summed E-state index contributed by atoms with van der Waals surface area (Å²) in [7, 11) is 0. The number of carbonyl (C=O) groups excluding carboxylic acids is 1. The molecule has 0 bridgehead atoms. The van der Waals surface area contributed by atoms with Gasteiger partial charge >= 0.3 is 0 Å².